The number of hydrogen-bond acceptors (Lipinski definition) is 3. The average molecular weight is 380 g/mol. The van der Waals surface area contributed by atoms with Gasteiger partial charge in [0.25, 0.3) is 0 Å². The second kappa shape index (κ2) is 7.43. The predicted octanol–water partition coefficient (Wildman–Crippen LogP) is 4.17. The van der Waals surface area contributed by atoms with Crippen LogP contribution in [0.25, 0.3) is 0 Å². The second-order valence-electron chi connectivity index (χ2n) is 5.62. The van der Waals surface area contributed by atoms with E-state index in [1.165, 1.54) is 7.11 Å². The van der Waals surface area contributed by atoms with Gasteiger partial charge in [0.15, 0.2) is 11.6 Å². The van der Waals surface area contributed by atoms with Crippen LogP contribution < -0.4 is 4.74 Å². The molecule has 5 heteroatoms. The van der Waals surface area contributed by atoms with Gasteiger partial charge in [-0.3, -0.25) is 4.90 Å². The number of hydrogen-bond donors (Lipinski definition) is 0. The van der Waals surface area contributed by atoms with Crippen LogP contribution in [0.4, 0.5) is 4.39 Å². The molecule has 0 N–H and O–H groups in total. The van der Waals surface area contributed by atoms with Crippen molar-refractivity contribution < 1.29 is 13.9 Å². The van der Waals surface area contributed by atoms with Gasteiger partial charge >= 0.3 is 0 Å². The highest BCUT2D eigenvalue weighted by Gasteiger charge is 2.22. The molecule has 1 heterocycles. The molecule has 1 saturated heterocycles. The maximum Gasteiger partial charge on any atom is 0.165 e. The van der Waals surface area contributed by atoms with E-state index in [0.29, 0.717) is 13.2 Å². The lowest BCUT2D eigenvalue weighted by Gasteiger charge is -2.33. The first-order valence-corrected chi connectivity index (χ1v) is 8.37. The zero-order chi connectivity index (χ0) is 16.2. The van der Waals surface area contributed by atoms with Crippen molar-refractivity contribution in [2.45, 2.75) is 12.6 Å². The zero-order valence-electron chi connectivity index (χ0n) is 13.0. The maximum atomic E-state index is 13.8. The van der Waals surface area contributed by atoms with Crippen molar-refractivity contribution in [1.82, 2.24) is 4.90 Å². The number of ether oxygens (including phenoxy) is 2. The Hall–Kier alpha value is -1.43. The van der Waals surface area contributed by atoms with Crippen LogP contribution in [0.2, 0.25) is 0 Å². The second-order valence-corrected chi connectivity index (χ2v) is 6.53. The number of methoxy groups -OCH3 is 1. The fraction of sp³-hybridized carbons (Fsp3) is 0.333. The van der Waals surface area contributed by atoms with E-state index in [1.54, 1.807) is 12.1 Å². The summed E-state index contributed by atoms with van der Waals surface area (Å²) in [5.74, 6) is -0.0375. The Morgan fingerprint density at radius 1 is 1.30 bits per heavy atom. The molecule has 0 bridgehead atoms. The van der Waals surface area contributed by atoms with E-state index in [2.05, 4.69) is 33.0 Å². The Morgan fingerprint density at radius 3 is 2.91 bits per heavy atom. The summed E-state index contributed by atoms with van der Waals surface area (Å²) < 4.78 is 25.7. The maximum absolute atomic E-state index is 13.8. The van der Waals surface area contributed by atoms with Gasteiger partial charge in [-0.05, 0) is 35.4 Å². The van der Waals surface area contributed by atoms with E-state index in [4.69, 9.17) is 9.47 Å². The molecular weight excluding hydrogens is 361 g/mol. The van der Waals surface area contributed by atoms with Gasteiger partial charge in [0.2, 0.25) is 0 Å². The Balaban J connectivity index is 1.68. The Morgan fingerprint density at radius 2 is 2.17 bits per heavy atom. The zero-order valence-corrected chi connectivity index (χ0v) is 14.6. The molecule has 1 aliphatic rings. The van der Waals surface area contributed by atoms with Crippen LogP contribution in [0.1, 0.15) is 17.2 Å². The molecule has 122 valence electrons. The minimum atomic E-state index is -0.318. The third-order valence-electron chi connectivity index (χ3n) is 3.99. The minimum absolute atomic E-state index is 0.0457. The van der Waals surface area contributed by atoms with Crippen LogP contribution in [0, 0.1) is 5.82 Å². The van der Waals surface area contributed by atoms with E-state index >= 15 is 0 Å². The molecule has 1 atom stereocenters. The van der Waals surface area contributed by atoms with Crippen LogP contribution in [-0.4, -0.2) is 31.7 Å². The molecule has 1 unspecified atom stereocenters. The lowest BCUT2D eigenvalue weighted by Crippen LogP contribution is -2.37. The van der Waals surface area contributed by atoms with E-state index < -0.39 is 0 Å². The van der Waals surface area contributed by atoms with Gasteiger partial charge in [0.1, 0.15) is 0 Å². The Bertz CT molecular complexity index is 680. The van der Waals surface area contributed by atoms with E-state index in [0.717, 1.165) is 28.7 Å². The summed E-state index contributed by atoms with van der Waals surface area (Å²) in [6, 6.07) is 13.3. The van der Waals surface area contributed by atoms with Crippen LogP contribution >= 0.6 is 15.9 Å². The Labute approximate surface area is 144 Å². The van der Waals surface area contributed by atoms with Crippen molar-refractivity contribution >= 4 is 15.9 Å². The first-order chi connectivity index (χ1) is 11.2. The van der Waals surface area contributed by atoms with Gasteiger partial charge in [-0.25, -0.2) is 4.39 Å². The van der Waals surface area contributed by atoms with Crippen LogP contribution in [-0.2, 0) is 11.3 Å². The monoisotopic (exact) mass is 379 g/mol. The summed E-state index contributed by atoms with van der Waals surface area (Å²) in [6.07, 6.45) is 0.0457. The third-order valence-corrected chi connectivity index (χ3v) is 4.49. The fourth-order valence-corrected chi connectivity index (χ4v) is 3.24. The number of morpholine rings is 1. The predicted molar refractivity (Wildman–Crippen MR) is 91.1 cm³/mol. The molecule has 1 fully saturated rings. The van der Waals surface area contributed by atoms with Crippen LogP contribution in [0.5, 0.6) is 5.75 Å². The minimum Gasteiger partial charge on any atom is -0.494 e. The molecule has 0 aromatic heterocycles. The van der Waals surface area contributed by atoms with Gasteiger partial charge in [0.05, 0.1) is 19.8 Å². The fourth-order valence-electron chi connectivity index (χ4n) is 2.82. The summed E-state index contributed by atoms with van der Waals surface area (Å²) in [5.41, 5.74) is 2.10. The van der Waals surface area contributed by atoms with Crippen molar-refractivity contribution in [1.29, 1.82) is 0 Å². The van der Waals surface area contributed by atoms with Gasteiger partial charge < -0.3 is 9.47 Å². The number of rotatable bonds is 4. The normalized spacial score (nSPS) is 18.8. The first-order valence-electron chi connectivity index (χ1n) is 7.57. The summed E-state index contributed by atoms with van der Waals surface area (Å²) in [4.78, 5) is 2.29. The van der Waals surface area contributed by atoms with Crippen molar-refractivity contribution in [2.75, 3.05) is 26.8 Å². The number of nitrogens with zero attached hydrogens (tertiary/aromatic N) is 1. The molecule has 0 aliphatic carbocycles. The lowest BCUT2D eigenvalue weighted by atomic mass is 10.1. The summed E-state index contributed by atoms with van der Waals surface area (Å²) >= 11 is 3.50. The highest BCUT2D eigenvalue weighted by Crippen LogP contribution is 2.26. The standard InChI is InChI=1S/C18H19BrFNO2/c1-22-17-6-5-13(9-16(17)20)11-21-7-8-23-18(12-21)14-3-2-4-15(19)10-14/h2-6,9-10,18H,7-8,11-12H2,1H3. The van der Waals surface area contributed by atoms with Gasteiger partial charge in [-0.2, -0.15) is 0 Å². The molecule has 2 aromatic carbocycles. The Kier molecular flexibility index (Phi) is 5.30. The number of benzene rings is 2. The SMILES string of the molecule is COc1ccc(CN2CCOC(c3cccc(Br)c3)C2)cc1F. The first kappa shape index (κ1) is 16.4. The lowest BCUT2D eigenvalue weighted by molar-refractivity contribution is -0.0329. The van der Waals surface area contributed by atoms with Crippen molar-refractivity contribution in [3.8, 4) is 5.75 Å². The molecule has 1 aliphatic heterocycles. The van der Waals surface area contributed by atoms with Crippen LogP contribution in [0.15, 0.2) is 46.9 Å². The summed E-state index contributed by atoms with van der Waals surface area (Å²) in [6.45, 7) is 3.02. The van der Waals surface area contributed by atoms with Gasteiger partial charge in [-0.1, -0.05) is 34.1 Å². The van der Waals surface area contributed by atoms with Gasteiger partial charge in [0, 0.05) is 24.1 Å². The van der Waals surface area contributed by atoms with E-state index in [-0.39, 0.29) is 17.7 Å². The molecule has 0 spiro atoms. The van der Waals surface area contributed by atoms with Crippen LogP contribution in [0.3, 0.4) is 0 Å². The van der Waals surface area contributed by atoms with Crippen molar-refractivity contribution in [3.63, 3.8) is 0 Å². The summed E-state index contributed by atoms with van der Waals surface area (Å²) in [7, 11) is 1.47. The highest BCUT2D eigenvalue weighted by atomic mass is 79.9. The molecule has 23 heavy (non-hydrogen) atoms. The highest BCUT2D eigenvalue weighted by molar-refractivity contribution is 9.10. The average Bonchev–Trinajstić information content (AvgIpc) is 2.55. The molecule has 0 saturated carbocycles. The third kappa shape index (κ3) is 4.10. The molecular formula is C18H19BrFNO2. The molecule has 2 aromatic rings. The quantitative estimate of drug-likeness (QED) is 0.795. The van der Waals surface area contributed by atoms with Crippen molar-refractivity contribution in [2.24, 2.45) is 0 Å². The van der Waals surface area contributed by atoms with Gasteiger partial charge in [-0.15, -0.1) is 0 Å². The largest absolute Gasteiger partial charge is 0.494 e. The molecule has 0 radical (unpaired) electrons. The van der Waals surface area contributed by atoms with E-state index in [1.807, 2.05) is 18.2 Å². The molecule has 3 nitrogen and oxygen atoms in total. The smallest absolute Gasteiger partial charge is 0.165 e. The molecule has 3 rings (SSSR count). The summed E-state index contributed by atoms with van der Waals surface area (Å²) in [5, 5.41) is 0. The molecule has 0 amide bonds. The number of halogens is 2. The van der Waals surface area contributed by atoms with Crippen molar-refractivity contribution in [3.05, 3.63) is 63.9 Å². The topological polar surface area (TPSA) is 21.7 Å². The van der Waals surface area contributed by atoms with E-state index in [9.17, 15) is 4.39 Å².